The molecule has 2 aliphatic carbocycles. The third kappa shape index (κ3) is 4.20. The summed E-state index contributed by atoms with van der Waals surface area (Å²) in [6.45, 7) is 1.19. The van der Waals surface area contributed by atoms with E-state index in [9.17, 15) is 4.79 Å². The number of carbonyl (C=O) groups is 1. The Morgan fingerprint density at radius 2 is 1.34 bits per heavy atom. The van der Waals surface area contributed by atoms with Gasteiger partial charge in [-0.2, -0.15) is 0 Å². The van der Waals surface area contributed by atoms with E-state index < -0.39 is 0 Å². The normalized spacial score (nSPS) is 24.8. The lowest BCUT2D eigenvalue weighted by molar-refractivity contribution is 0.0729. The minimum Gasteiger partial charge on any atom is -0.378 e. The van der Waals surface area contributed by atoms with Gasteiger partial charge in [0.1, 0.15) is 0 Å². The predicted molar refractivity (Wildman–Crippen MR) is 153 cm³/mol. The lowest BCUT2D eigenvalue weighted by Crippen LogP contribution is -2.36. The molecule has 0 unspecified atom stereocenters. The number of carbonyl (C=O) groups excluding carboxylic acids is 1. The van der Waals surface area contributed by atoms with Crippen LogP contribution >= 0.6 is 0 Å². The van der Waals surface area contributed by atoms with Crippen molar-refractivity contribution in [1.82, 2.24) is 4.90 Å². The Morgan fingerprint density at radius 3 is 2.00 bits per heavy atom. The van der Waals surface area contributed by atoms with Crippen LogP contribution in [0.25, 0.3) is 0 Å². The van der Waals surface area contributed by atoms with Crippen molar-refractivity contribution >= 4 is 11.6 Å². The van der Waals surface area contributed by atoms with Gasteiger partial charge in [-0.25, -0.2) is 0 Å². The Kier molecular flexibility index (Phi) is 6.00. The first-order valence-corrected chi connectivity index (χ1v) is 14.1. The Balaban J connectivity index is 1.23. The van der Waals surface area contributed by atoms with E-state index in [-0.39, 0.29) is 5.91 Å². The molecule has 5 atom stereocenters. The van der Waals surface area contributed by atoms with Gasteiger partial charge in [-0.05, 0) is 83.4 Å². The molecule has 2 saturated carbocycles. The third-order valence-electron chi connectivity index (χ3n) is 9.21. The summed E-state index contributed by atoms with van der Waals surface area (Å²) in [5.74, 6) is 2.72. The van der Waals surface area contributed by atoms with Crippen molar-refractivity contribution in [1.29, 1.82) is 0 Å². The van der Waals surface area contributed by atoms with E-state index >= 15 is 0 Å². The highest BCUT2D eigenvalue weighted by Crippen LogP contribution is 2.63. The molecule has 1 heterocycles. The minimum atomic E-state index is 0.102. The number of anilines is 1. The molecule has 0 spiro atoms. The number of rotatable bonds is 6. The van der Waals surface area contributed by atoms with E-state index in [1.807, 2.05) is 47.4 Å². The average Bonchev–Trinajstić information content (AvgIpc) is 3.61. The Morgan fingerprint density at radius 1 is 0.737 bits per heavy atom. The average molecular weight is 499 g/mol. The standard InChI is InChI=1S/C35H34N2O/c38-35(37(22-24-10-4-1-5-11-24)23-25-12-6-2-7-13-25)29-18-19-31-30(21-29)32-27-16-17-28(20-27)33(32)34(36-31)26-14-8-3-9-15-26/h1-15,18-19,21,27-28,32-34,36H,16-17,20,22-23H2/t27-,28-,32-,33-,34-/m0/s1. The van der Waals surface area contributed by atoms with Crippen molar-refractivity contribution in [3.63, 3.8) is 0 Å². The van der Waals surface area contributed by atoms with Gasteiger partial charge in [0.15, 0.2) is 0 Å². The fraction of sp³-hybridized carbons (Fsp3) is 0.286. The number of benzene rings is 4. The first kappa shape index (κ1) is 23.3. The second kappa shape index (κ2) is 9.79. The molecule has 0 aromatic heterocycles. The second-order valence-corrected chi connectivity index (χ2v) is 11.4. The molecule has 2 bridgehead atoms. The van der Waals surface area contributed by atoms with Crippen molar-refractivity contribution in [3.8, 4) is 0 Å². The summed E-state index contributed by atoms with van der Waals surface area (Å²) < 4.78 is 0. The highest BCUT2D eigenvalue weighted by atomic mass is 16.2. The molecule has 7 rings (SSSR count). The van der Waals surface area contributed by atoms with Crippen LogP contribution in [-0.2, 0) is 13.1 Å². The minimum absolute atomic E-state index is 0.102. The SMILES string of the molecule is O=C(c1ccc2c(c1)[C@@H]1[C@H]3CC[C@@H](C3)[C@@H]1[C@H](c1ccccc1)N2)N(Cc1ccccc1)Cc1ccccc1. The van der Waals surface area contributed by atoms with E-state index in [0.29, 0.717) is 31.0 Å². The molecule has 3 aliphatic rings. The molecular weight excluding hydrogens is 464 g/mol. The van der Waals surface area contributed by atoms with Crippen LogP contribution in [0.4, 0.5) is 5.69 Å². The first-order valence-electron chi connectivity index (χ1n) is 14.1. The van der Waals surface area contributed by atoms with Crippen molar-refractivity contribution < 1.29 is 4.79 Å². The Bertz CT molecular complexity index is 1380. The second-order valence-electron chi connectivity index (χ2n) is 11.4. The number of nitrogens with one attached hydrogen (secondary N) is 1. The fourth-order valence-electron chi connectivity index (χ4n) is 7.60. The van der Waals surface area contributed by atoms with E-state index in [1.54, 1.807) is 0 Å². The fourth-order valence-corrected chi connectivity index (χ4v) is 7.60. The number of nitrogens with zero attached hydrogens (tertiary/aromatic N) is 1. The third-order valence-corrected chi connectivity index (χ3v) is 9.21. The van der Waals surface area contributed by atoms with Crippen molar-refractivity contribution in [3.05, 3.63) is 137 Å². The highest BCUT2D eigenvalue weighted by Gasteiger charge is 2.53. The van der Waals surface area contributed by atoms with Crippen LogP contribution in [0.2, 0.25) is 0 Å². The maximum Gasteiger partial charge on any atom is 0.254 e. The zero-order chi connectivity index (χ0) is 25.5. The van der Waals surface area contributed by atoms with Gasteiger partial charge in [-0.3, -0.25) is 4.79 Å². The van der Waals surface area contributed by atoms with E-state index in [4.69, 9.17) is 0 Å². The van der Waals surface area contributed by atoms with E-state index in [2.05, 4.69) is 72.0 Å². The smallest absolute Gasteiger partial charge is 0.254 e. The van der Waals surface area contributed by atoms with Crippen molar-refractivity contribution in [2.75, 3.05) is 5.32 Å². The Hall–Kier alpha value is -3.85. The van der Waals surface area contributed by atoms with Crippen molar-refractivity contribution in [2.24, 2.45) is 17.8 Å². The number of hydrogen-bond donors (Lipinski definition) is 1. The summed E-state index contributed by atoms with van der Waals surface area (Å²) in [5, 5.41) is 3.92. The summed E-state index contributed by atoms with van der Waals surface area (Å²) in [7, 11) is 0. The van der Waals surface area contributed by atoms with Gasteiger partial charge in [-0.15, -0.1) is 0 Å². The van der Waals surface area contributed by atoms with Crippen LogP contribution in [-0.4, -0.2) is 10.8 Å². The summed E-state index contributed by atoms with van der Waals surface area (Å²) in [4.78, 5) is 16.1. The van der Waals surface area contributed by atoms with E-state index in [1.165, 1.54) is 36.1 Å². The van der Waals surface area contributed by atoms with Crippen LogP contribution in [0.5, 0.6) is 0 Å². The molecule has 4 aromatic rings. The summed E-state index contributed by atoms with van der Waals surface area (Å²) in [6, 6.07) is 38.4. The molecular formula is C35H34N2O. The van der Waals surface area contributed by atoms with Crippen LogP contribution in [0.1, 0.15) is 63.8 Å². The molecule has 1 N–H and O–H groups in total. The zero-order valence-electron chi connectivity index (χ0n) is 21.7. The van der Waals surface area contributed by atoms with Gasteiger partial charge < -0.3 is 10.2 Å². The van der Waals surface area contributed by atoms with E-state index in [0.717, 1.165) is 28.5 Å². The molecule has 190 valence electrons. The maximum absolute atomic E-state index is 14.1. The molecule has 2 fully saturated rings. The molecule has 3 nitrogen and oxygen atoms in total. The van der Waals surface area contributed by atoms with Gasteiger partial charge in [0.05, 0.1) is 6.04 Å². The number of amides is 1. The van der Waals surface area contributed by atoms with Crippen LogP contribution < -0.4 is 5.32 Å². The van der Waals surface area contributed by atoms with Gasteiger partial charge in [0, 0.05) is 24.3 Å². The van der Waals surface area contributed by atoms with Crippen LogP contribution in [0.3, 0.4) is 0 Å². The topological polar surface area (TPSA) is 32.3 Å². The molecule has 1 amide bonds. The summed E-state index contributed by atoms with van der Waals surface area (Å²) >= 11 is 0. The quantitative estimate of drug-likeness (QED) is 0.294. The van der Waals surface area contributed by atoms with Gasteiger partial charge in [-0.1, -0.05) is 91.0 Å². The highest BCUT2D eigenvalue weighted by molar-refractivity contribution is 5.95. The van der Waals surface area contributed by atoms with Crippen molar-refractivity contribution in [2.45, 2.75) is 44.3 Å². The molecule has 1 aliphatic heterocycles. The van der Waals surface area contributed by atoms with Crippen LogP contribution in [0.15, 0.2) is 109 Å². The lowest BCUT2D eigenvalue weighted by Gasteiger charge is -2.43. The molecule has 3 heteroatoms. The molecule has 38 heavy (non-hydrogen) atoms. The lowest BCUT2D eigenvalue weighted by atomic mass is 9.68. The molecule has 0 radical (unpaired) electrons. The first-order chi connectivity index (χ1) is 18.7. The van der Waals surface area contributed by atoms with Crippen LogP contribution in [0, 0.1) is 17.8 Å². The largest absolute Gasteiger partial charge is 0.378 e. The van der Waals surface area contributed by atoms with Gasteiger partial charge in [0.2, 0.25) is 0 Å². The summed E-state index contributed by atoms with van der Waals surface area (Å²) in [6.07, 6.45) is 3.98. The monoisotopic (exact) mass is 498 g/mol. The number of hydrogen-bond acceptors (Lipinski definition) is 2. The Labute approximate surface area is 225 Å². The molecule has 0 saturated heterocycles. The number of fused-ring (bicyclic) bond motifs is 7. The van der Waals surface area contributed by atoms with Gasteiger partial charge in [0.25, 0.3) is 5.91 Å². The van der Waals surface area contributed by atoms with Gasteiger partial charge >= 0.3 is 0 Å². The molecule has 4 aromatic carbocycles. The zero-order valence-corrected chi connectivity index (χ0v) is 21.7. The maximum atomic E-state index is 14.1. The predicted octanol–water partition coefficient (Wildman–Crippen LogP) is 7.83. The summed E-state index contributed by atoms with van der Waals surface area (Å²) in [5.41, 5.74) is 7.06.